The summed E-state index contributed by atoms with van der Waals surface area (Å²) in [7, 11) is -0.726. The summed E-state index contributed by atoms with van der Waals surface area (Å²) in [4.78, 5) is 14.0. The third-order valence-electron chi connectivity index (χ3n) is 2.31. The lowest BCUT2D eigenvalue weighted by molar-refractivity contribution is 0.311. The van der Waals surface area contributed by atoms with Crippen LogP contribution < -0.4 is 9.64 Å². The highest BCUT2D eigenvalue weighted by atomic mass is 35.5. The molecule has 0 amide bonds. The van der Waals surface area contributed by atoms with Crippen LogP contribution in [0.1, 0.15) is 6.92 Å². The van der Waals surface area contributed by atoms with Crippen LogP contribution in [-0.2, 0) is 10.8 Å². The molecule has 1 aliphatic heterocycles. The Morgan fingerprint density at radius 3 is 2.71 bits per heavy atom. The van der Waals surface area contributed by atoms with Gasteiger partial charge >= 0.3 is 6.01 Å². The predicted octanol–water partition coefficient (Wildman–Crippen LogP) is 0.492. The average molecular weight is 277 g/mol. The normalized spacial score (nSPS) is 17.2. The fraction of sp³-hybridized carbons (Fsp3) is 0.667. The van der Waals surface area contributed by atoms with Crippen LogP contribution >= 0.6 is 11.6 Å². The Kier molecular flexibility index (Phi) is 4.11. The lowest BCUT2D eigenvalue weighted by atomic mass is 10.5. The number of aromatic nitrogens is 3. The molecule has 8 heteroatoms. The molecule has 0 aliphatic carbocycles. The second-order valence-electron chi connectivity index (χ2n) is 3.46. The molecular weight excluding hydrogens is 264 g/mol. The standard InChI is InChI=1S/C9H13ClN4O2S/c1-2-16-9-12-7(10)11-8(13-9)14-3-5-17(15)6-4-14/h2-6H2,1H3. The Bertz CT molecular complexity index is 421. The summed E-state index contributed by atoms with van der Waals surface area (Å²) in [5.74, 6) is 1.76. The van der Waals surface area contributed by atoms with Gasteiger partial charge in [0.25, 0.3) is 0 Å². The van der Waals surface area contributed by atoms with Crippen LogP contribution in [-0.4, -0.2) is 50.4 Å². The molecule has 1 fully saturated rings. The second kappa shape index (κ2) is 5.59. The van der Waals surface area contributed by atoms with Gasteiger partial charge < -0.3 is 9.64 Å². The molecule has 1 aliphatic rings. The topological polar surface area (TPSA) is 68.2 Å². The van der Waals surface area contributed by atoms with E-state index in [-0.39, 0.29) is 11.3 Å². The number of rotatable bonds is 3. The lowest BCUT2D eigenvalue weighted by Gasteiger charge is -2.26. The molecule has 94 valence electrons. The Morgan fingerprint density at radius 2 is 2.06 bits per heavy atom. The minimum Gasteiger partial charge on any atom is -0.464 e. The van der Waals surface area contributed by atoms with E-state index in [0.29, 0.717) is 37.2 Å². The molecular formula is C9H13ClN4O2S. The molecule has 0 unspecified atom stereocenters. The summed E-state index contributed by atoms with van der Waals surface area (Å²) in [6.45, 7) is 3.66. The first-order valence-electron chi connectivity index (χ1n) is 5.33. The maximum Gasteiger partial charge on any atom is 0.322 e. The van der Waals surface area contributed by atoms with Crippen LogP contribution in [0.2, 0.25) is 5.28 Å². The first-order chi connectivity index (χ1) is 8.19. The van der Waals surface area contributed by atoms with E-state index in [4.69, 9.17) is 16.3 Å². The van der Waals surface area contributed by atoms with Crippen molar-refractivity contribution < 1.29 is 8.95 Å². The van der Waals surface area contributed by atoms with Crippen molar-refractivity contribution in [2.45, 2.75) is 6.92 Å². The fourth-order valence-corrected chi connectivity index (χ4v) is 2.70. The van der Waals surface area contributed by atoms with E-state index in [2.05, 4.69) is 15.0 Å². The van der Waals surface area contributed by atoms with Gasteiger partial charge in [-0.25, -0.2) is 0 Å². The van der Waals surface area contributed by atoms with Crippen LogP contribution in [0, 0.1) is 0 Å². The Balaban J connectivity index is 2.16. The van der Waals surface area contributed by atoms with Gasteiger partial charge in [-0.05, 0) is 18.5 Å². The van der Waals surface area contributed by atoms with E-state index in [1.807, 2.05) is 11.8 Å². The highest BCUT2D eigenvalue weighted by Gasteiger charge is 2.19. The third-order valence-corrected chi connectivity index (χ3v) is 3.75. The van der Waals surface area contributed by atoms with E-state index in [9.17, 15) is 4.21 Å². The van der Waals surface area contributed by atoms with Crippen LogP contribution in [0.25, 0.3) is 0 Å². The van der Waals surface area contributed by atoms with Crippen molar-refractivity contribution in [1.82, 2.24) is 15.0 Å². The molecule has 1 aromatic rings. The van der Waals surface area contributed by atoms with Crippen LogP contribution in [0.3, 0.4) is 0 Å². The van der Waals surface area contributed by atoms with E-state index in [1.165, 1.54) is 0 Å². The molecule has 0 bridgehead atoms. The van der Waals surface area contributed by atoms with E-state index in [1.54, 1.807) is 0 Å². The number of hydrogen-bond donors (Lipinski definition) is 0. The van der Waals surface area contributed by atoms with Crippen LogP contribution in [0.4, 0.5) is 5.95 Å². The molecule has 17 heavy (non-hydrogen) atoms. The Morgan fingerprint density at radius 1 is 1.35 bits per heavy atom. The Labute approximate surface area is 107 Å². The smallest absolute Gasteiger partial charge is 0.322 e. The van der Waals surface area contributed by atoms with Crippen molar-refractivity contribution in [3.63, 3.8) is 0 Å². The first-order valence-corrected chi connectivity index (χ1v) is 7.20. The Hall–Kier alpha value is -0.950. The van der Waals surface area contributed by atoms with Gasteiger partial charge in [-0.3, -0.25) is 4.21 Å². The minimum atomic E-state index is -0.726. The zero-order valence-electron chi connectivity index (χ0n) is 9.43. The van der Waals surface area contributed by atoms with Crippen molar-refractivity contribution in [3.8, 4) is 6.01 Å². The molecule has 6 nitrogen and oxygen atoms in total. The van der Waals surface area contributed by atoms with Crippen molar-refractivity contribution in [2.75, 3.05) is 36.1 Å². The lowest BCUT2D eigenvalue weighted by Crippen LogP contribution is -2.38. The summed E-state index contributed by atoms with van der Waals surface area (Å²) in [5.41, 5.74) is 0. The molecule has 1 aromatic heterocycles. The number of nitrogens with zero attached hydrogens (tertiary/aromatic N) is 4. The van der Waals surface area contributed by atoms with E-state index < -0.39 is 10.8 Å². The number of anilines is 1. The maximum atomic E-state index is 11.3. The van der Waals surface area contributed by atoms with Crippen LogP contribution in [0.5, 0.6) is 6.01 Å². The predicted molar refractivity (Wildman–Crippen MR) is 66.1 cm³/mol. The van der Waals surface area contributed by atoms with Crippen LogP contribution in [0.15, 0.2) is 0 Å². The van der Waals surface area contributed by atoms with Crippen molar-refractivity contribution >= 4 is 28.3 Å². The largest absolute Gasteiger partial charge is 0.464 e. The third kappa shape index (κ3) is 3.26. The monoisotopic (exact) mass is 276 g/mol. The highest BCUT2D eigenvalue weighted by Crippen LogP contribution is 2.16. The summed E-state index contributed by atoms with van der Waals surface area (Å²) < 4.78 is 16.5. The van der Waals surface area contributed by atoms with Gasteiger partial charge in [0.2, 0.25) is 11.2 Å². The molecule has 0 N–H and O–H groups in total. The molecule has 0 saturated carbocycles. The summed E-state index contributed by atoms with van der Waals surface area (Å²) in [5, 5.41) is 0.116. The zero-order chi connectivity index (χ0) is 12.3. The summed E-state index contributed by atoms with van der Waals surface area (Å²) >= 11 is 5.80. The average Bonchev–Trinajstić information content (AvgIpc) is 2.29. The van der Waals surface area contributed by atoms with Crippen molar-refractivity contribution in [2.24, 2.45) is 0 Å². The highest BCUT2D eigenvalue weighted by molar-refractivity contribution is 7.85. The van der Waals surface area contributed by atoms with Gasteiger partial charge in [0.1, 0.15) is 0 Å². The zero-order valence-corrected chi connectivity index (χ0v) is 11.0. The van der Waals surface area contributed by atoms with Gasteiger partial charge in [0.05, 0.1) is 6.61 Å². The SMILES string of the molecule is CCOc1nc(Cl)nc(N2CCS(=O)CC2)n1. The molecule has 2 rings (SSSR count). The molecule has 0 atom stereocenters. The first kappa shape index (κ1) is 12.5. The van der Waals surface area contributed by atoms with Gasteiger partial charge in [-0.1, -0.05) is 0 Å². The molecule has 1 saturated heterocycles. The second-order valence-corrected chi connectivity index (χ2v) is 5.49. The van der Waals surface area contributed by atoms with Crippen molar-refractivity contribution in [3.05, 3.63) is 5.28 Å². The number of ether oxygens (including phenoxy) is 1. The van der Waals surface area contributed by atoms with Gasteiger partial charge in [-0.2, -0.15) is 15.0 Å². The molecule has 0 spiro atoms. The van der Waals surface area contributed by atoms with Gasteiger partial charge in [0, 0.05) is 35.4 Å². The van der Waals surface area contributed by atoms with Gasteiger partial charge in [-0.15, -0.1) is 0 Å². The summed E-state index contributed by atoms with van der Waals surface area (Å²) in [6, 6.07) is 0.231. The van der Waals surface area contributed by atoms with E-state index >= 15 is 0 Å². The van der Waals surface area contributed by atoms with Crippen molar-refractivity contribution in [1.29, 1.82) is 0 Å². The molecule has 0 radical (unpaired) electrons. The maximum absolute atomic E-state index is 11.3. The number of hydrogen-bond acceptors (Lipinski definition) is 6. The summed E-state index contributed by atoms with van der Waals surface area (Å²) in [6.07, 6.45) is 0. The molecule has 0 aromatic carbocycles. The fourth-order valence-electron chi connectivity index (χ4n) is 1.49. The quantitative estimate of drug-likeness (QED) is 0.800. The number of halogens is 1. The van der Waals surface area contributed by atoms with Gasteiger partial charge in [0.15, 0.2) is 0 Å². The minimum absolute atomic E-state index is 0.116. The molecule has 2 heterocycles. The van der Waals surface area contributed by atoms with E-state index in [0.717, 1.165) is 0 Å².